The predicted octanol–water partition coefficient (Wildman–Crippen LogP) is 6.25. The number of allylic oxidation sites excluding steroid dienone is 3. The number of hydrogen-bond acceptors (Lipinski definition) is 3. The third-order valence-corrected chi connectivity index (χ3v) is 8.92. The quantitative estimate of drug-likeness (QED) is 0.430. The van der Waals surface area contributed by atoms with Gasteiger partial charge in [0.05, 0.1) is 12.2 Å². The zero-order valence-corrected chi connectivity index (χ0v) is 20.3. The Bertz CT molecular complexity index is 782. The summed E-state index contributed by atoms with van der Waals surface area (Å²) in [6.45, 7) is 9.39. The van der Waals surface area contributed by atoms with E-state index in [4.69, 9.17) is 0 Å². The standard InChI is InChI=1S/C27H41F3O3/c1-17(7-5-14-26(4,33)27(28,29)30)22-11-12-23-19(8-6-13-25(22,23)3)9-10-20-15-21(31)16-24(32)18(20)2/h9-10,17,21-24,31-33H,2,5-8,11-16H2,1,3-4H3/b19-9?,20-10-/t17-,21-,22-,23?,24?,25-,26-/m1/s1. The normalized spacial score (nSPS) is 38.4. The summed E-state index contributed by atoms with van der Waals surface area (Å²) in [6, 6.07) is 0. The molecular weight excluding hydrogens is 429 g/mol. The summed E-state index contributed by atoms with van der Waals surface area (Å²) in [5.41, 5.74) is 0.544. The maximum atomic E-state index is 13.0. The number of aliphatic hydroxyl groups is 3. The van der Waals surface area contributed by atoms with Crippen LogP contribution in [0.15, 0.2) is 35.5 Å². The summed E-state index contributed by atoms with van der Waals surface area (Å²) < 4.78 is 38.9. The van der Waals surface area contributed by atoms with Crippen molar-refractivity contribution < 1.29 is 28.5 Å². The molecule has 3 fully saturated rings. The van der Waals surface area contributed by atoms with Crippen LogP contribution in [-0.2, 0) is 0 Å². The number of halogens is 3. The minimum Gasteiger partial charge on any atom is -0.393 e. The molecule has 0 heterocycles. The average molecular weight is 471 g/mol. The van der Waals surface area contributed by atoms with Gasteiger partial charge < -0.3 is 15.3 Å². The van der Waals surface area contributed by atoms with Crippen LogP contribution in [0.2, 0.25) is 0 Å². The molecule has 0 aliphatic heterocycles. The summed E-state index contributed by atoms with van der Waals surface area (Å²) in [6.07, 6.45) is 5.49. The summed E-state index contributed by atoms with van der Waals surface area (Å²) in [5.74, 6) is 1.23. The lowest BCUT2D eigenvalue weighted by Gasteiger charge is -2.44. The van der Waals surface area contributed by atoms with Gasteiger partial charge in [0, 0.05) is 6.42 Å². The van der Waals surface area contributed by atoms with E-state index in [1.165, 1.54) is 5.57 Å². The van der Waals surface area contributed by atoms with Crippen LogP contribution < -0.4 is 0 Å². The summed E-state index contributed by atoms with van der Waals surface area (Å²) >= 11 is 0. The molecule has 0 bridgehead atoms. The third kappa shape index (κ3) is 5.59. The summed E-state index contributed by atoms with van der Waals surface area (Å²) in [5, 5.41) is 29.9. The van der Waals surface area contributed by atoms with Crippen LogP contribution >= 0.6 is 0 Å². The van der Waals surface area contributed by atoms with Crippen LogP contribution in [-0.4, -0.2) is 39.3 Å². The number of aliphatic hydroxyl groups excluding tert-OH is 2. The lowest BCUT2D eigenvalue weighted by atomic mass is 9.60. The second kappa shape index (κ2) is 9.87. The molecule has 188 valence electrons. The van der Waals surface area contributed by atoms with Crippen molar-refractivity contribution in [3.8, 4) is 0 Å². The molecule has 0 aromatic rings. The Labute approximate surface area is 196 Å². The van der Waals surface area contributed by atoms with Crippen molar-refractivity contribution in [3.63, 3.8) is 0 Å². The molecule has 0 radical (unpaired) electrons. The molecule has 6 heteroatoms. The molecule has 3 aliphatic carbocycles. The molecule has 7 atom stereocenters. The van der Waals surface area contributed by atoms with E-state index in [-0.39, 0.29) is 11.8 Å². The molecule has 2 unspecified atom stereocenters. The maximum Gasteiger partial charge on any atom is 0.416 e. The van der Waals surface area contributed by atoms with Crippen molar-refractivity contribution in [2.45, 2.75) is 109 Å². The van der Waals surface area contributed by atoms with E-state index >= 15 is 0 Å². The van der Waals surface area contributed by atoms with Gasteiger partial charge in [-0.15, -0.1) is 0 Å². The van der Waals surface area contributed by atoms with Crippen LogP contribution in [0.4, 0.5) is 13.2 Å². The van der Waals surface area contributed by atoms with Crippen LogP contribution in [0.1, 0.15) is 85.0 Å². The Balaban J connectivity index is 1.67. The first-order valence-electron chi connectivity index (χ1n) is 12.5. The highest BCUT2D eigenvalue weighted by atomic mass is 19.4. The molecule has 0 saturated heterocycles. The van der Waals surface area contributed by atoms with Crippen LogP contribution in [0.25, 0.3) is 0 Å². The minimum atomic E-state index is -4.59. The van der Waals surface area contributed by atoms with Gasteiger partial charge in [0.25, 0.3) is 0 Å². The fourth-order valence-electron chi connectivity index (χ4n) is 6.79. The Hall–Kier alpha value is -1.11. The van der Waals surface area contributed by atoms with Gasteiger partial charge in [-0.25, -0.2) is 0 Å². The Morgan fingerprint density at radius 2 is 1.91 bits per heavy atom. The molecule has 3 saturated carbocycles. The summed E-state index contributed by atoms with van der Waals surface area (Å²) in [4.78, 5) is 0. The Kier molecular flexibility index (Phi) is 7.92. The van der Waals surface area contributed by atoms with Gasteiger partial charge in [-0.05, 0) is 92.6 Å². The first-order chi connectivity index (χ1) is 15.3. The molecule has 3 N–H and O–H groups in total. The van der Waals surface area contributed by atoms with Crippen LogP contribution in [0.5, 0.6) is 0 Å². The topological polar surface area (TPSA) is 60.7 Å². The second-order valence-corrected chi connectivity index (χ2v) is 11.3. The number of rotatable bonds is 6. The van der Waals surface area contributed by atoms with Crippen molar-refractivity contribution in [1.29, 1.82) is 0 Å². The molecule has 3 rings (SSSR count). The lowest BCUT2D eigenvalue weighted by Crippen LogP contribution is -2.42. The zero-order valence-electron chi connectivity index (χ0n) is 20.3. The summed E-state index contributed by atoms with van der Waals surface area (Å²) in [7, 11) is 0. The predicted molar refractivity (Wildman–Crippen MR) is 124 cm³/mol. The van der Waals surface area contributed by atoms with Gasteiger partial charge in [-0.3, -0.25) is 0 Å². The van der Waals surface area contributed by atoms with Gasteiger partial charge in [-0.2, -0.15) is 13.2 Å². The monoisotopic (exact) mass is 470 g/mol. The maximum absolute atomic E-state index is 13.0. The van der Waals surface area contributed by atoms with E-state index in [0.717, 1.165) is 44.6 Å². The first kappa shape index (κ1) is 26.5. The first-order valence-corrected chi connectivity index (χ1v) is 12.5. The SMILES string of the molecule is C=C1/C(=C\C=C2CCC[C@@]3(C)C2CC[C@@H]3[C@H](C)CCC[C@@](C)(O)C(F)(F)F)C[C@@H](O)CC1O. The fraction of sp³-hybridized carbons (Fsp3) is 0.778. The van der Waals surface area contributed by atoms with Gasteiger partial charge in [-0.1, -0.05) is 44.6 Å². The van der Waals surface area contributed by atoms with Crippen molar-refractivity contribution in [1.82, 2.24) is 0 Å². The Morgan fingerprint density at radius 3 is 2.58 bits per heavy atom. The van der Waals surface area contributed by atoms with E-state index in [2.05, 4.69) is 26.5 Å². The van der Waals surface area contributed by atoms with E-state index in [1.807, 2.05) is 6.08 Å². The number of fused-ring (bicyclic) bond motifs is 1. The largest absolute Gasteiger partial charge is 0.416 e. The van der Waals surface area contributed by atoms with Gasteiger partial charge in [0.15, 0.2) is 5.60 Å². The van der Waals surface area contributed by atoms with E-state index < -0.39 is 24.0 Å². The average Bonchev–Trinajstić information content (AvgIpc) is 3.06. The highest BCUT2D eigenvalue weighted by molar-refractivity contribution is 5.38. The van der Waals surface area contributed by atoms with Gasteiger partial charge in [0.1, 0.15) is 0 Å². The molecule has 3 aliphatic rings. The van der Waals surface area contributed by atoms with Gasteiger partial charge >= 0.3 is 6.18 Å². The van der Waals surface area contributed by atoms with Crippen molar-refractivity contribution in [2.24, 2.45) is 23.2 Å². The molecule has 3 nitrogen and oxygen atoms in total. The molecule has 0 aromatic heterocycles. The van der Waals surface area contributed by atoms with Crippen LogP contribution in [0.3, 0.4) is 0 Å². The molecular formula is C27H41F3O3. The third-order valence-electron chi connectivity index (χ3n) is 8.92. The highest BCUT2D eigenvalue weighted by Gasteiger charge is 2.51. The van der Waals surface area contributed by atoms with Crippen molar-refractivity contribution in [3.05, 3.63) is 35.5 Å². The molecule has 0 spiro atoms. The number of hydrogen-bond donors (Lipinski definition) is 3. The van der Waals surface area contributed by atoms with Crippen LogP contribution in [0, 0.1) is 23.2 Å². The minimum absolute atomic E-state index is 0.136. The van der Waals surface area contributed by atoms with E-state index in [1.54, 1.807) is 0 Å². The Morgan fingerprint density at radius 1 is 1.21 bits per heavy atom. The smallest absolute Gasteiger partial charge is 0.393 e. The van der Waals surface area contributed by atoms with Crippen molar-refractivity contribution >= 4 is 0 Å². The van der Waals surface area contributed by atoms with E-state index in [9.17, 15) is 28.5 Å². The fourth-order valence-corrected chi connectivity index (χ4v) is 6.79. The zero-order chi connectivity index (χ0) is 24.6. The highest BCUT2D eigenvalue weighted by Crippen LogP contribution is 2.60. The lowest BCUT2D eigenvalue weighted by molar-refractivity contribution is -0.255. The molecule has 0 amide bonds. The van der Waals surface area contributed by atoms with Crippen molar-refractivity contribution in [2.75, 3.05) is 0 Å². The van der Waals surface area contributed by atoms with Gasteiger partial charge in [0.2, 0.25) is 0 Å². The molecule has 0 aromatic carbocycles. The molecule has 33 heavy (non-hydrogen) atoms. The second-order valence-electron chi connectivity index (χ2n) is 11.3. The number of alkyl halides is 3. The van der Waals surface area contributed by atoms with E-state index in [0.29, 0.717) is 49.0 Å².